The Labute approximate surface area is 246 Å². The van der Waals surface area contributed by atoms with Crippen LogP contribution in [0.15, 0.2) is 59.8 Å². The minimum Gasteiger partial charge on any atom is -0.493 e. The molecule has 0 spiro atoms. The second-order valence-corrected chi connectivity index (χ2v) is 10.6. The Balaban J connectivity index is 1.54. The van der Waals surface area contributed by atoms with Crippen molar-refractivity contribution < 1.29 is 23.9 Å². The summed E-state index contributed by atoms with van der Waals surface area (Å²) in [7, 11) is 0. The van der Waals surface area contributed by atoms with Crippen LogP contribution in [-0.2, 0) is 16.1 Å². The number of carbonyl (C=O) groups is 3. The number of anilines is 2. The number of para-hydroxylation sites is 2. The van der Waals surface area contributed by atoms with Gasteiger partial charge in [0.15, 0.2) is 11.0 Å². The van der Waals surface area contributed by atoms with Crippen LogP contribution in [0.1, 0.15) is 46.4 Å². The van der Waals surface area contributed by atoms with Gasteiger partial charge in [-0.05, 0) is 57.5 Å². The number of esters is 1. The summed E-state index contributed by atoms with van der Waals surface area (Å²) in [5.41, 5.74) is 2.06. The fraction of sp³-hybridized carbons (Fsp3) is 0.276. The minimum absolute atomic E-state index is 0.0106. The van der Waals surface area contributed by atoms with E-state index in [0.717, 1.165) is 16.9 Å². The normalized spacial score (nSPS) is 10.7. The number of benzene rings is 2. The number of carbonyl (C=O) groups excluding carboxylic acids is 3. The van der Waals surface area contributed by atoms with Gasteiger partial charge in [-0.15, -0.1) is 21.5 Å². The van der Waals surface area contributed by atoms with Gasteiger partial charge in [-0.1, -0.05) is 42.1 Å². The fourth-order valence-corrected chi connectivity index (χ4v) is 6.00. The first-order valence-electron chi connectivity index (χ1n) is 13.1. The van der Waals surface area contributed by atoms with Crippen molar-refractivity contribution in [3.8, 4) is 17.1 Å². The predicted molar refractivity (Wildman–Crippen MR) is 161 cm³/mol. The zero-order valence-electron chi connectivity index (χ0n) is 23.2. The Bertz CT molecular complexity index is 1530. The number of hydrogen-bond acceptors (Lipinski definition) is 9. The highest BCUT2D eigenvalue weighted by atomic mass is 32.2. The van der Waals surface area contributed by atoms with E-state index in [4.69, 9.17) is 9.47 Å². The number of ether oxygens (including phenoxy) is 2. The molecule has 2 amide bonds. The van der Waals surface area contributed by atoms with E-state index in [0.29, 0.717) is 41.1 Å². The average Bonchev–Trinajstić information content (AvgIpc) is 3.53. The van der Waals surface area contributed by atoms with Crippen molar-refractivity contribution in [3.05, 3.63) is 70.6 Å². The Morgan fingerprint density at radius 2 is 1.68 bits per heavy atom. The van der Waals surface area contributed by atoms with Crippen LogP contribution < -0.4 is 15.4 Å². The average molecular weight is 594 g/mol. The van der Waals surface area contributed by atoms with E-state index in [9.17, 15) is 14.4 Å². The highest BCUT2D eigenvalue weighted by Gasteiger charge is 2.27. The van der Waals surface area contributed by atoms with E-state index in [-0.39, 0.29) is 33.7 Å². The standard InChI is InChI=1S/C29H31N5O5S2/c1-5-34-25(20-15-11-12-16-21(20)38-6-2)32-33-29(34)40-17-22(35)31-27-23(18(4)24(41-27)28(37)39-7-3)26(36)30-19-13-9-8-10-14-19/h8-16H,5-7,17H2,1-4H3,(H,30,36)(H,31,35). The molecule has 0 saturated carbocycles. The SMILES string of the molecule is CCOC(=O)c1sc(NC(=O)CSc2nnc(-c3ccccc3OCC)n2CC)c(C(=O)Nc2ccccc2)c1C. The smallest absolute Gasteiger partial charge is 0.348 e. The maximum absolute atomic E-state index is 13.3. The van der Waals surface area contributed by atoms with Gasteiger partial charge >= 0.3 is 5.97 Å². The van der Waals surface area contributed by atoms with Gasteiger partial charge in [0.05, 0.1) is 30.1 Å². The largest absolute Gasteiger partial charge is 0.493 e. The van der Waals surface area contributed by atoms with Crippen LogP contribution in [0.3, 0.4) is 0 Å². The zero-order valence-corrected chi connectivity index (χ0v) is 24.9. The van der Waals surface area contributed by atoms with E-state index in [1.807, 2.05) is 48.7 Å². The van der Waals surface area contributed by atoms with Crippen molar-refractivity contribution in [2.75, 3.05) is 29.6 Å². The van der Waals surface area contributed by atoms with Crippen LogP contribution in [0.4, 0.5) is 10.7 Å². The molecule has 0 aliphatic carbocycles. The molecule has 10 nitrogen and oxygen atoms in total. The van der Waals surface area contributed by atoms with Gasteiger partial charge in [0, 0.05) is 12.2 Å². The molecule has 0 unspecified atom stereocenters. The molecule has 0 atom stereocenters. The van der Waals surface area contributed by atoms with Gasteiger partial charge in [0.1, 0.15) is 15.6 Å². The number of aromatic nitrogens is 3. The van der Waals surface area contributed by atoms with Crippen LogP contribution >= 0.6 is 23.1 Å². The molecule has 0 saturated heterocycles. The molecule has 4 rings (SSSR count). The summed E-state index contributed by atoms with van der Waals surface area (Å²) < 4.78 is 12.8. The summed E-state index contributed by atoms with van der Waals surface area (Å²) in [6.45, 7) is 8.56. The molecule has 2 heterocycles. The van der Waals surface area contributed by atoms with Crippen LogP contribution in [0.5, 0.6) is 5.75 Å². The monoisotopic (exact) mass is 593 g/mol. The van der Waals surface area contributed by atoms with Crippen molar-refractivity contribution in [1.29, 1.82) is 0 Å². The molecule has 41 heavy (non-hydrogen) atoms. The molecule has 214 valence electrons. The zero-order chi connectivity index (χ0) is 29.4. The first kappa shape index (κ1) is 29.8. The Hall–Kier alpha value is -4.16. The van der Waals surface area contributed by atoms with Gasteiger partial charge in [-0.2, -0.15) is 0 Å². The van der Waals surface area contributed by atoms with Gasteiger partial charge < -0.3 is 24.7 Å². The lowest BCUT2D eigenvalue weighted by Gasteiger charge is -2.11. The number of nitrogens with one attached hydrogen (secondary N) is 2. The van der Waals surface area contributed by atoms with E-state index >= 15 is 0 Å². The third-order valence-electron chi connectivity index (χ3n) is 5.91. The summed E-state index contributed by atoms with van der Waals surface area (Å²) >= 11 is 2.24. The quantitative estimate of drug-likeness (QED) is 0.154. The van der Waals surface area contributed by atoms with E-state index in [1.165, 1.54) is 11.8 Å². The second kappa shape index (κ2) is 14.0. The highest BCUT2D eigenvalue weighted by molar-refractivity contribution is 7.99. The predicted octanol–water partition coefficient (Wildman–Crippen LogP) is 5.89. The lowest BCUT2D eigenvalue weighted by Crippen LogP contribution is -2.19. The molecule has 0 bridgehead atoms. The highest BCUT2D eigenvalue weighted by Crippen LogP contribution is 2.35. The van der Waals surface area contributed by atoms with Crippen molar-refractivity contribution in [2.45, 2.75) is 39.4 Å². The topological polar surface area (TPSA) is 124 Å². The summed E-state index contributed by atoms with van der Waals surface area (Å²) in [5, 5.41) is 15.2. The lowest BCUT2D eigenvalue weighted by atomic mass is 10.1. The molecular weight excluding hydrogens is 562 g/mol. The van der Waals surface area contributed by atoms with Crippen LogP contribution in [-0.4, -0.2) is 51.5 Å². The Kier molecular flexibility index (Phi) is 10.1. The summed E-state index contributed by atoms with van der Waals surface area (Å²) in [4.78, 5) is 39.2. The second-order valence-electron chi connectivity index (χ2n) is 8.62. The molecule has 2 N–H and O–H groups in total. The molecule has 0 fully saturated rings. The fourth-order valence-electron chi connectivity index (χ4n) is 4.09. The number of nitrogens with zero attached hydrogens (tertiary/aromatic N) is 3. The number of hydrogen-bond donors (Lipinski definition) is 2. The van der Waals surface area contributed by atoms with Crippen LogP contribution in [0, 0.1) is 6.92 Å². The van der Waals surface area contributed by atoms with Crippen molar-refractivity contribution in [2.24, 2.45) is 0 Å². The van der Waals surface area contributed by atoms with Gasteiger partial charge in [-0.3, -0.25) is 9.59 Å². The molecule has 0 aliphatic rings. The number of amides is 2. The van der Waals surface area contributed by atoms with Gasteiger partial charge in [0.2, 0.25) is 5.91 Å². The maximum Gasteiger partial charge on any atom is 0.348 e. The number of rotatable bonds is 12. The van der Waals surface area contributed by atoms with Crippen molar-refractivity contribution in [1.82, 2.24) is 14.8 Å². The van der Waals surface area contributed by atoms with Crippen LogP contribution in [0.2, 0.25) is 0 Å². The first-order valence-corrected chi connectivity index (χ1v) is 14.9. The molecule has 2 aromatic heterocycles. The summed E-state index contributed by atoms with van der Waals surface area (Å²) in [6.07, 6.45) is 0. The number of thioether (sulfide) groups is 1. The molecule has 12 heteroatoms. The van der Waals surface area contributed by atoms with Crippen molar-refractivity contribution >= 4 is 51.6 Å². The third-order valence-corrected chi connectivity index (χ3v) is 8.07. The lowest BCUT2D eigenvalue weighted by molar-refractivity contribution is -0.113. The third kappa shape index (κ3) is 6.95. The van der Waals surface area contributed by atoms with E-state index in [2.05, 4.69) is 20.8 Å². The van der Waals surface area contributed by atoms with Crippen LogP contribution in [0.25, 0.3) is 11.4 Å². The Morgan fingerprint density at radius 1 is 0.951 bits per heavy atom. The van der Waals surface area contributed by atoms with Gasteiger partial charge in [-0.25, -0.2) is 4.79 Å². The molecule has 0 radical (unpaired) electrons. The molecule has 4 aromatic rings. The molecular formula is C29H31N5O5S2. The van der Waals surface area contributed by atoms with Gasteiger partial charge in [0.25, 0.3) is 5.91 Å². The van der Waals surface area contributed by atoms with E-state index in [1.54, 1.807) is 38.1 Å². The molecule has 0 aliphatic heterocycles. The minimum atomic E-state index is -0.547. The van der Waals surface area contributed by atoms with E-state index < -0.39 is 11.9 Å². The molecule has 2 aromatic carbocycles. The Morgan fingerprint density at radius 3 is 2.39 bits per heavy atom. The maximum atomic E-state index is 13.3. The summed E-state index contributed by atoms with van der Waals surface area (Å²) in [6, 6.07) is 16.6. The number of thiophene rings is 1. The summed E-state index contributed by atoms with van der Waals surface area (Å²) in [5.74, 6) is 0.0190. The van der Waals surface area contributed by atoms with Crippen molar-refractivity contribution in [3.63, 3.8) is 0 Å². The first-order chi connectivity index (χ1) is 19.9.